The average Bonchev–Trinajstić information content (AvgIpc) is 2.35. The summed E-state index contributed by atoms with van der Waals surface area (Å²) in [5, 5.41) is 3.49. The lowest BCUT2D eigenvalue weighted by atomic mass is 10.3. The molecule has 0 saturated carbocycles. The van der Waals surface area contributed by atoms with E-state index in [-0.39, 0.29) is 0 Å². The van der Waals surface area contributed by atoms with Crippen molar-refractivity contribution in [3.8, 4) is 0 Å². The van der Waals surface area contributed by atoms with E-state index >= 15 is 0 Å². The Morgan fingerprint density at radius 1 is 1.15 bits per heavy atom. The quantitative estimate of drug-likeness (QED) is 0.583. The predicted molar refractivity (Wildman–Crippen MR) is 88.6 cm³/mol. The van der Waals surface area contributed by atoms with Crippen LogP contribution < -0.4 is 16.2 Å². The minimum Gasteiger partial charge on any atom is -0.331 e. The maximum absolute atomic E-state index is 5.19. The fraction of sp³-hybridized carbons (Fsp3) is 0.154. The van der Waals surface area contributed by atoms with Crippen molar-refractivity contribution >= 4 is 44.9 Å². The van der Waals surface area contributed by atoms with Crippen LogP contribution in [0, 0.1) is 13.8 Å². The lowest BCUT2D eigenvalue weighted by Gasteiger charge is -2.12. The van der Waals surface area contributed by atoms with Gasteiger partial charge in [-0.25, -0.2) is 9.97 Å². The third-order valence-electron chi connectivity index (χ3n) is 2.35. The van der Waals surface area contributed by atoms with Crippen LogP contribution >= 0.6 is 28.1 Å². The van der Waals surface area contributed by atoms with Crippen molar-refractivity contribution in [1.82, 2.24) is 15.4 Å². The predicted octanol–water partition coefficient (Wildman–Crippen LogP) is 3.17. The number of aromatic nitrogens is 2. The topological polar surface area (TPSA) is 61.9 Å². The molecule has 1 aromatic heterocycles. The monoisotopic (exact) mass is 351 g/mol. The highest BCUT2D eigenvalue weighted by Crippen LogP contribution is 2.15. The number of nitrogens with zero attached hydrogens (tertiary/aromatic N) is 2. The average molecular weight is 352 g/mol. The molecule has 7 heteroatoms. The zero-order valence-electron chi connectivity index (χ0n) is 11.1. The number of anilines is 2. The van der Waals surface area contributed by atoms with E-state index in [4.69, 9.17) is 12.2 Å². The number of thiocarbonyl (C=S) groups is 1. The molecule has 104 valence electrons. The molecule has 0 unspecified atom stereocenters. The summed E-state index contributed by atoms with van der Waals surface area (Å²) < 4.78 is 0.982. The second-order valence-electron chi connectivity index (χ2n) is 4.19. The second kappa shape index (κ2) is 6.62. The molecule has 0 amide bonds. The molecule has 0 atom stereocenters. The first-order valence-electron chi connectivity index (χ1n) is 5.94. The van der Waals surface area contributed by atoms with Gasteiger partial charge >= 0.3 is 0 Å². The van der Waals surface area contributed by atoms with E-state index in [1.165, 1.54) is 0 Å². The number of halogens is 1. The zero-order valence-corrected chi connectivity index (χ0v) is 13.5. The Labute approximate surface area is 131 Å². The SMILES string of the molecule is Cc1cc(C)nc(NNC(=S)Nc2cccc(Br)c2)n1. The third-order valence-corrected chi connectivity index (χ3v) is 3.05. The van der Waals surface area contributed by atoms with Crippen LogP contribution in [0.4, 0.5) is 11.6 Å². The number of hydrogen-bond acceptors (Lipinski definition) is 4. The minimum absolute atomic E-state index is 0.436. The summed E-state index contributed by atoms with van der Waals surface area (Å²) >= 11 is 8.59. The van der Waals surface area contributed by atoms with Gasteiger partial charge in [0.05, 0.1) is 0 Å². The van der Waals surface area contributed by atoms with Gasteiger partial charge in [-0.15, -0.1) is 0 Å². The molecule has 0 fully saturated rings. The molecule has 0 aliphatic rings. The van der Waals surface area contributed by atoms with Crippen molar-refractivity contribution < 1.29 is 0 Å². The maximum atomic E-state index is 5.19. The number of hydrogen-bond donors (Lipinski definition) is 3. The first-order valence-corrected chi connectivity index (χ1v) is 7.14. The highest BCUT2D eigenvalue weighted by molar-refractivity contribution is 9.10. The molecular weight excluding hydrogens is 338 g/mol. The van der Waals surface area contributed by atoms with Crippen molar-refractivity contribution in [2.45, 2.75) is 13.8 Å². The standard InChI is InChI=1S/C13H14BrN5S/c1-8-6-9(2)16-12(15-8)18-19-13(20)17-11-5-3-4-10(14)7-11/h3-7H,1-2H3,(H,15,16,18)(H2,17,19,20). The largest absolute Gasteiger partial charge is 0.331 e. The molecule has 5 nitrogen and oxygen atoms in total. The van der Waals surface area contributed by atoms with Crippen LogP contribution in [0.1, 0.15) is 11.4 Å². The van der Waals surface area contributed by atoms with Crippen molar-refractivity contribution in [3.63, 3.8) is 0 Å². The Kier molecular flexibility index (Phi) is 4.86. The number of hydrazine groups is 1. The van der Waals surface area contributed by atoms with E-state index in [2.05, 4.69) is 42.1 Å². The van der Waals surface area contributed by atoms with Gasteiger partial charge in [0, 0.05) is 21.5 Å². The number of benzene rings is 1. The lowest BCUT2D eigenvalue weighted by Crippen LogP contribution is -2.34. The van der Waals surface area contributed by atoms with Crippen molar-refractivity contribution in [2.24, 2.45) is 0 Å². The molecule has 0 aliphatic heterocycles. The highest BCUT2D eigenvalue weighted by atomic mass is 79.9. The highest BCUT2D eigenvalue weighted by Gasteiger charge is 2.01. The van der Waals surface area contributed by atoms with Crippen molar-refractivity contribution in [2.75, 3.05) is 10.7 Å². The van der Waals surface area contributed by atoms with E-state index in [0.29, 0.717) is 11.1 Å². The Morgan fingerprint density at radius 2 is 1.85 bits per heavy atom. The summed E-state index contributed by atoms with van der Waals surface area (Å²) in [7, 11) is 0. The van der Waals surface area contributed by atoms with Gasteiger partial charge in [0.1, 0.15) is 0 Å². The van der Waals surface area contributed by atoms with Gasteiger partial charge < -0.3 is 5.32 Å². The molecule has 0 aliphatic carbocycles. The first kappa shape index (κ1) is 14.7. The van der Waals surface area contributed by atoms with E-state index in [1.54, 1.807) is 0 Å². The fourth-order valence-corrected chi connectivity index (χ4v) is 2.19. The van der Waals surface area contributed by atoms with Crippen LogP contribution in [0.2, 0.25) is 0 Å². The van der Waals surface area contributed by atoms with Crippen LogP contribution in [0.15, 0.2) is 34.8 Å². The summed E-state index contributed by atoms with van der Waals surface area (Å²) in [6, 6.07) is 9.63. The molecule has 0 spiro atoms. The third kappa shape index (κ3) is 4.43. The Morgan fingerprint density at radius 3 is 2.50 bits per heavy atom. The molecule has 20 heavy (non-hydrogen) atoms. The molecule has 0 bridgehead atoms. The molecule has 0 saturated heterocycles. The van der Waals surface area contributed by atoms with Gasteiger partial charge in [0.25, 0.3) is 0 Å². The number of aryl methyl sites for hydroxylation is 2. The zero-order chi connectivity index (χ0) is 14.5. The Bertz CT molecular complexity index is 612. The summed E-state index contributed by atoms with van der Waals surface area (Å²) in [5.74, 6) is 0.487. The summed E-state index contributed by atoms with van der Waals surface area (Å²) in [6.45, 7) is 3.83. The van der Waals surface area contributed by atoms with Crippen LogP contribution in [-0.4, -0.2) is 15.1 Å². The number of rotatable bonds is 3. The summed E-state index contributed by atoms with van der Waals surface area (Å²) in [6.07, 6.45) is 0. The van der Waals surface area contributed by atoms with E-state index in [1.807, 2.05) is 44.2 Å². The summed E-state index contributed by atoms with van der Waals surface area (Å²) in [4.78, 5) is 8.49. The molecular formula is C13H14BrN5S. The van der Waals surface area contributed by atoms with Crippen LogP contribution in [0.25, 0.3) is 0 Å². The molecule has 3 N–H and O–H groups in total. The van der Waals surface area contributed by atoms with Gasteiger partial charge in [-0.2, -0.15) is 0 Å². The lowest BCUT2D eigenvalue weighted by molar-refractivity contribution is 0.991. The molecule has 0 radical (unpaired) electrons. The van der Waals surface area contributed by atoms with Gasteiger partial charge in [-0.05, 0) is 50.3 Å². The fourth-order valence-electron chi connectivity index (χ4n) is 1.62. The Hall–Kier alpha value is -1.73. The van der Waals surface area contributed by atoms with Gasteiger partial charge in [-0.1, -0.05) is 22.0 Å². The van der Waals surface area contributed by atoms with Crippen LogP contribution in [0.3, 0.4) is 0 Å². The maximum Gasteiger partial charge on any atom is 0.242 e. The Balaban J connectivity index is 1.92. The molecule has 1 aromatic carbocycles. The molecule has 2 aromatic rings. The van der Waals surface area contributed by atoms with Crippen molar-refractivity contribution in [1.29, 1.82) is 0 Å². The smallest absolute Gasteiger partial charge is 0.242 e. The first-order chi connectivity index (χ1) is 9.52. The van der Waals surface area contributed by atoms with Crippen molar-refractivity contribution in [3.05, 3.63) is 46.2 Å². The van der Waals surface area contributed by atoms with E-state index in [0.717, 1.165) is 21.5 Å². The second-order valence-corrected chi connectivity index (χ2v) is 5.51. The summed E-state index contributed by atoms with van der Waals surface area (Å²) in [5.41, 5.74) is 8.41. The van der Waals surface area contributed by atoms with E-state index in [9.17, 15) is 0 Å². The molecule has 2 rings (SSSR count). The van der Waals surface area contributed by atoms with Gasteiger partial charge in [0.15, 0.2) is 5.11 Å². The van der Waals surface area contributed by atoms with Gasteiger partial charge in [-0.3, -0.25) is 10.9 Å². The normalized spacial score (nSPS) is 9.95. The van der Waals surface area contributed by atoms with Crippen LogP contribution in [-0.2, 0) is 0 Å². The van der Waals surface area contributed by atoms with E-state index < -0.39 is 0 Å². The number of nitrogens with one attached hydrogen (secondary N) is 3. The minimum atomic E-state index is 0.436. The molecule has 1 heterocycles. The van der Waals surface area contributed by atoms with Gasteiger partial charge in [0.2, 0.25) is 5.95 Å². The van der Waals surface area contributed by atoms with Crippen LogP contribution in [0.5, 0.6) is 0 Å².